The first-order chi connectivity index (χ1) is 19.3. The van der Waals surface area contributed by atoms with Crippen LogP contribution in [0.15, 0.2) is 46.2 Å². The number of carboxylic acid groups (broad SMARTS) is 1. The first-order valence-electron chi connectivity index (χ1n) is 13.3. The number of carboxylic acids is 1. The van der Waals surface area contributed by atoms with Crippen molar-refractivity contribution in [1.29, 1.82) is 0 Å². The van der Waals surface area contributed by atoms with Gasteiger partial charge in [0.15, 0.2) is 0 Å². The molecule has 2 aliphatic rings. The Bertz CT molecular complexity index is 1420. The van der Waals surface area contributed by atoms with Gasteiger partial charge in [-0.2, -0.15) is 4.31 Å². The number of likely N-dealkylation sites (N-methyl/N-ethyl adjacent to an activating group) is 1. The van der Waals surface area contributed by atoms with Crippen LogP contribution >= 0.6 is 11.8 Å². The summed E-state index contributed by atoms with van der Waals surface area (Å²) in [5.41, 5.74) is -0.828. The first-order valence-corrected chi connectivity index (χ1v) is 15.6. The van der Waals surface area contributed by atoms with Crippen molar-refractivity contribution < 1.29 is 45.0 Å². The summed E-state index contributed by atoms with van der Waals surface area (Å²) in [5.74, 6) is -7.56. The number of fused-ring (bicyclic) bond motifs is 1. The Morgan fingerprint density at radius 2 is 1.76 bits per heavy atom. The molecular formula is C28H33F5N2O5S2. The second-order valence-electron chi connectivity index (χ2n) is 11.6. The van der Waals surface area contributed by atoms with Gasteiger partial charge in [0, 0.05) is 55.9 Å². The number of thioether (sulfide) groups is 1. The molecule has 1 aliphatic carbocycles. The molecule has 0 amide bonds. The highest BCUT2D eigenvalue weighted by Gasteiger charge is 2.46. The molecule has 0 aromatic heterocycles. The van der Waals surface area contributed by atoms with E-state index in [2.05, 4.69) is 0 Å². The van der Waals surface area contributed by atoms with Gasteiger partial charge in [-0.05, 0) is 57.5 Å². The molecule has 232 valence electrons. The molecule has 1 saturated carbocycles. The van der Waals surface area contributed by atoms with Crippen LogP contribution in [-0.4, -0.2) is 67.1 Å². The number of sulfonamides is 1. The number of benzene rings is 2. The van der Waals surface area contributed by atoms with Crippen molar-refractivity contribution in [2.45, 2.75) is 79.4 Å². The molecule has 0 spiro atoms. The van der Waals surface area contributed by atoms with E-state index >= 15 is 0 Å². The van der Waals surface area contributed by atoms with Crippen molar-refractivity contribution in [2.75, 3.05) is 25.1 Å². The summed E-state index contributed by atoms with van der Waals surface area (Å²) in [6.45, 7) is 3.20. The number of rotatable bonds is 10. The summed E-state index contributed by atoms with van der Waals surface area (Å²) < 4.78 is 104. The second kappa shape index (κ2) is 11.5. The van der Waals surface area contributed by atoms with E-state index < -0.39 is 69.6 Å². The fraction of sp³-hybridized carbons (Fsp3) is 0.536. The Hall–Kier alpha value is -2.58. The van der Waals surface area contributed by atoms with E-state index in [9.17, 15) is 40.3 Å². The average Bonchev–Trinajstić information content (AvgIpc) is 2.93. The van der Waals surface area contributed by atoms with E-state index in [1.807, 2.05) is 0 Å². The third-order valence-corrected chi connectivity index (χ3v) is 10.6. The lowest BCUT2D eigenvalue weighted by Crippen LogP contribution is -2.41. The Labute approximate surface area is 246 Å². The van der Waals surface area contributed by atoms with Gasteiger partial charge in [-0.25, -0.2) is 30.4 Å². The number of alkyl halides is 4. The van der Waals surface area contributed by atoms with Gasteiger partial charge < -0.3 is 14.7 Å². The number of nitrogens with zero attached hydrogens (tertiary/aromatic N) is 2. The molecule has 0 saturated heterocycles. The van der Waals surface area contributed by atoms with Crippen LogP contribution in [0, 0.1) is 11.2 Å². The molecule has 1 aliphatic heterocycles. The summed E-state index contributed by atoms with van der Waals surface area (Å²) in [4.78, 5) is 13.3. The van der Waals surface area contributed by atoms with Gasteiger partial charge in [0.2, 0.25) is 21.9 Å². The third-order valence-electron chi connectivity index (χ3n) is 7.45. The quantitative estimate of drug-likeness (QED) is 0.288. The molecule has 14 heteroatoms. The highest BCUT2D eigenvalue weighted by atomic mass is 32.2. The second-order valence-corrected chi connectivity index (χ2v) is 14.9. The number of aliphatic carboxylic acids is 1. The SMILES string of the molecule is CN1[C@H](CCC(C)(F)F)CN(c2ccc(F)cc2)c2cc(SC3CC(F)(F)C3)c(OCC(C)(C)C(=O)O)cc2S1(=O)=O. The Kier molecular flexibility index (Phi) is 8.85. The molecule has 42 heavy (non-hydrogen) atoms. The monoisotopic (exact) mass is 636 g/mol. The van der Waals surface area contributed by atoms with E-state index in [-0.39, 0.29) is 35.9 Å². The van der Waals surface area contributed by atoms with Crippen molar-refractivity contribution in [3.05, 3.63) is 42.2 Å². The lowest BCUT2D eigenvalue weighted by molar-refractivity contribution is -0.148. The molecule has 1 heterocycles. The lowest BCUT2D eigenvalue weighted by Gasteiger charge is -2.35. The summed E-state index contributed by atoms with van der Waals surface area (Å²) >= 11 is 1.07. The van der Waals surface area contributed by atoms with Crippen molar-refractivity contribution in [3.8, 4) is 5.75 Å². The van der Waals surface area contributed by atoms with Crippen LogP contribution in [0.5, 0.6) is 5.75 Å². The van der Waals surface area contributed by atoms with Crippen LogP contribution in [0.4, 0.5) is 33.3 Å². The van der Waals surface area contributed by atoms with Gasteiger partial charge in [0.25, 0.3) is 0 Å². The van der Waals surface area contributed by atoms with Crippen molar-refractivity contribution >= 4 is 39.1 Å². The molecule has 7 nitrogen and oxygen atoms in total. The molecule has 2 aromatic rings. The number of anilines is 2. The van der Waals surface area contributed by atoms with Crippen LogP contribution in [0.2, 0.25) is 0 Å². The molecule has 1 atom stereocenters. The van der Waals surface area contributed by atoms with Gasteiger partial charge >= 0.3 is 5.97 Å². The van der Waals surface area contributed by atoms with Crippen molar-refractivity contribution in [3.63, 3.8) is 0 Å². The molecule has 1 N–H and O–H groups in total. The minimum absolute atomic E-state index is 0.00198. The van der Waals surface area contributed by atoms with Gasteiger partial charge in [0.1, 0.15) is 23.1 Å². The van der Waals surface area contributed by atoms with E-state index in [1.54, 1.807) is 4.90 Å². The van der Waals surface area contributed by atoms with Crippen LogP contribution in [0.3, 0.4) is 0 Å². The number of hydrogen-bond acceptors (Lipinski definition) is 6. The van der Waals surface area contributed by atoms with Crippen LogP contribution in [0.25, 0.3) is 0 Å². The lowest BCUT2D eigenvalue weighted by atomic mass is 9.94. The molecule has 0 unspecified atom stereocenters. The Morgan fingerprint density at radius 1 is 1.14 bits per heavy atom. The topological polar surface area (TPSA) is 87.2 Å². The number of ether oxygens (including phenoxy) is 1. The summed E-state index contributed by atoms with van der Waals surface area (Å²) in [7, 11) is -3.03. The fourth-order valence-corrected chi connectivity index (χ4v) is 7.67. The smallest absolute Gasteiger partial charge is 0.312 e. The standard InChI is InChI=1S/C28H33F5N2O5S2/c1-26(2,25(36)37)16-40-22-12-24-21(11-23(22)41-20-13-28(32,33)14-20)35(18-7-5-17(29)6-8-18)15-19(9-10-27(3,30)31)34(4)42(24,38)39/h5-8,11-12,19-20H,9-10,13-16H2,1-4H3,(H,36,37)/t19-/m1/s1. The first kappa shape index (κ1) is 32.3. The maximum absolute atomic E-state index is 13.9. The molecule has 1 fully saturated rings. The van der Waals surface area contributed by atoms with E-state index in [0.29, 0.717) is 10.6 Å². The molecular weight excluding hydrogens is 603 g/mol. The number of carbonyl (C=O) groups is 1. The molecule has 0 radical (unpaired) electrons. The van der Waals surface area contributed by atoms with E-state index in [1.165, 1.54) is 57.3 Å². The normalized spacial score (nSPS) is 20.9. The van der Waals surface area contributed by atoms with E-state index in [4.69, 9.17) is 4.74 Å². The van der Waals surface area contributed by atoms with E-state index in [0.717, 1.165) is 23.0 Å². The number of hydrogen-bond donors (Lipinski definition) is 1. The zero-order valence-electron chi connectivity index (χ0n) is 23.5. The summed E-state index contributed by atoms with van der Waals surface area (Å²) in [5, 5.41) is 9.04. The maximum atomic E-state index is 13.9. The van der Waals surface area contributed by atoms with Crippen LogP contribution in [0.1, 0.15) is 46.5 Å². The maximum Gasteiger partial charge on any atom is 0.312 e. The third kappa shape index (κ3) is 7.13. The molecule has 0 bridgehead atoms. The average molecular weight is 637 g/mol. The zero-order chi connectivity index (χ0) is 31.3. The largest absolute Gasteiger partial charge is 0.491 e. The van der Waals surface area contributed by atoms with Crippen LogP contribution < -0.4 is 9.64 Å². The summed E-state index contributed by atoms with van der Waals surface area (Å²) in [6, 6.07) is 7.03. The van der Waals surface area contributed by atoms with Crippen molar-refractivity contribution in [1.82, 2.24) is 4.31 Å². The molecule has 2 aromatic carbocycles. The van der Waals surface area contributed by atoms with Gasteiger partial charge in [0.05, 0.1) is 16.0 Å². The Balaban J connectivity index is 1.86. The molecule has 4 rings (SSSR count). The van der Waals surface area contributed by atoms with Crippen LogP contribution in [-0.2, 0) is 14.8 Å². The fourth-order valence-electron chi connectivity index (χ4n) is 4.68. The minimum Gasteiger partial charge on any atom is -0.491 e. The Morgan fingerprint density at radius 3 is 2.31 bits per heavy atom. The van der Waals surface area contributed by atoms with Gasteiger partial charge in [-0.1, -0.05) is 0 Å². The minimum atomic E-state index is -4.32. The van der Waals surface area contributed by atoms with Gasteiger partial charge in [-0.3, -0.25) is 4.79 Å². The van der Waals surface area contributed by atoms with Gasteiger partial charge in [-0.15, -0.1) is 11.8 Å². The highest BCUT2D eigenvalue weighted by molar-refractivity contribution is 8.00. The summed E-state index contributed by atoms with van der Waals surface area (Å²) in [6.07, 6.45) is -1.56. The number of halogens is 5. The predicted molar refractivity (Wildman–Crippen MR) is 149 cm³/mol. The highest BCUT2D eigenvalue weighted by Crippen LogP contribution is 2.51. The van der Waals surface area contributed by atoms with Crippen molar-refractivity contribution in [2.24, 2.45) is 5.41 Å². The predicted octanol–water partition coefficient (Wildman–Crippen LogP) is 6.78. The zero-order valence-corrected chi connectivity index (χ0v) is 25.2.